The Morgan fingerprint density at radius 3 is 1.24 bits per heavy atom. The van der Waals surface area contributed by atoms with Crippen molar-refractivity contribution in [2.24, 2.45) is 15.9 Å². The van der Waals surface area contributed by atoms with Gasteiger partial charge in [0, 0.05) is 0 Å². The van der Waals surface area contributed by atoms with Gasteiger partial charge in [-0.2, -0.15) is 0 Å². The van der Waals surface area contributed by atoms with Gasteiger partial charge in [0.2, 0.25) is 0 Å². The molecule has 0 bridgehead atoms. The highest BCUT2D eigenvalue weighted by Crippen LogP contribution is 2.27. The van der Waals surface area contributed by atoms with Crippen molar-refractivity contribution in [3.8, 4) is 11.5 Å². The molecule has 49 heavy (non-hydrogen) atoms. The molecule has 240 valence electrons. The molecule has 0 aromatic heterocycles. The number of nitrogens with zero attached hydrogens (tertiary/aromatic N) is 2. The van der Waals surface area contributed by atoms with Crippen LogP contribution in [0.25, 0.3) is 11.1 Å². The number of ether oxygens (including phenoxy) is 2. The molecule has 0 heterocycles. The van der Waals surface area contributed by atoms with Gasteiger partial charge in [-0.15, -0.1) is 0 Å². The zero-order valence-corrected chi connectivity index (χ0v) is 27.7. The highest BCUT2D eigenvalue weighted by molar-refractivity contribution is 6.00. The van der Waals surface area contributed by atoms with Gasteiger partial charge >= 0.3 is 0 Å². The maximum atomic E-state index is 6.46. The van der Waals surface area contributed by atoms with E-state index in [1.807, 2.05) is 133 Å². The lowest BCUT2D eigenvalue weighted by Gasteiger charge is -2.23. The summed E-state index contributed by atoms with van der Waals surface area (Å²) in [5.41, 5.74) is 7.65. The molecule has 4 nitrogen and oxygen atoms in total. The van der Waals surface area contributed by atoms with E-state index in [4.69, 9.17) is 9.47 Å². The van der Waals surface area contributed by atoms with E-state index in [0.29, 0.717) is 6.61 Å². The van der Waals surface area contributed by atoms with E-state index in [2.05, 4.69) is 72.0 Å². The van der Waals surface area contributed by atoms with Gasteiger partial charge < -0.3 is 9.47 Å². The first-order chi connectivity index (χ1) is 24.1. The van der Waals surface area contributed by atoms with Gasteiger partial charge in [-0.25, -0.2) is 9.98 Å². The summed E-state index contributed by atoms with van der Waals surface area (Å²) in [7, 11) is 0. The second kappa shape index (κ2) is 16.6. The fourth-order valence-electron chi connectivity index (χ4n) is 5.18. The Kier molecular flexibility index (Phi) is 11.1. The van der Waals surface area contributed by atoms with Crippen LogP contribution >= 0.6 is 0 Å². The van der Waals surface area contributed by atoms with Gasteiger partial charge in [0.15, 0.2) is 0 Å². The molecule has 0 N–H and O–H groups in total. The average molecular weight is 639 g/mol. The monoisotopic (exact) mass is 638 g/mol. The van der Waals surface area contributed by atoms with E-state index in [0.717, 1.165) is 56.3 Å². The van der Waals surface area contributed by atoms with Crippen LogP contribution in [0.3, 0.4) is 0 Å². The third kappa shape index (κ3) is 9.22. The topological polar surface area (TPSA) is 43.2 Å². The predicted octanol–water partition coefficient (Wildman–Crippen LogP) is 11.0. The molecule has 4 heteroatoms. The van der Waals surface area contributed by atoms with Crippen molar-refractivity contribution in [3.05, 3.63) is 192 Å². The summed E-state index contributed by atoms with van der Waals surface area (Å²) in [5.74, 6) is 8.37. The van der Waals surface area contributed by atoms with Gasteiger partial charge in [-0.3, -0.25) is 0 Å². The maximum Gasteiger partial charge on any atom is 0.135 e. The molecule has 0 saturated heterocycles. The summed E-state index contributed by atoms with van der Waals surface area (Å²) in [6.07, 6.45) is -0.146. The second-order valence-electron chi connectivity index (χ2n) is 11.9. The molecule has 0 fully saturated rings. The summed E-state index contributed by atoms with van der Waals surface area (Å²) >= 11 is 0. The Balaban J connectivity index is 1.15. The summed E-state index contributed by atoms with van der Waals surface area (Å²) < 4.78 is 12.7. The fourth-order valence-corrected chi connectivity index (χ4v) is 5.18. The van der Waals surface area contributed by atoms with Crippen LogP contribution < -0.4 is 9.47 Å². The Morgan fingerprint density at radius 1 is 0.469 bits per heavy atom. The lowest BCUT2D eigenvalue weighted by Crippen LogP contribution is -2.30. The van der Waals surface area contributed by atoms with Gasteiger partial charge in [0.25, 0.3) is 0 Å². The minimum atomic E-state index is -0.146. The van der Waals surface area contributed by atoms with Crippen molar-refractivity contribution in [1.29, 1.82) is 0 Å². The molecule has 6 rings (SSSR count). The second-order valence-corrected chi connectivity index (χ2v) is 11.9. The maximum absolute atomic E-state index is 6.46. The third-order valence-electron chi connectivity index (χ3n) is 7.96. The molecule has 0 saturated carbocycles. The van der Waals surface area contributed by atoms with Crippen LogP contribution in [0, 0.1) is 5.92 Å². The third-order valence-corrected chi connectivity index (χ3v) is 7.96. The quantitative estimate of drug-likeness (QED) is 0.125. The standard InChI is InChI=1S/C45H38N2O2/c1-34(2)45(49-42-29-25-38(26-30-42)44(36-17-9-4-10-18-36)32-47-40-21-13-6-14-22-40)33-48-41-27-23-37(24-28-41)43(35-15-7-3-8-16-35)31-46-39-19-11-5-12-20-39/h3-30,34,45H,33H2,1-2H3. The van der Waals surface area contributed by atoms with Gasteiger partial charge in [-0.05, 0) is 113 Å². The van der Waals surface area contributed by atoms with Crippen molar-refractivity contribution < 1.29 is 9.47 Å². The lowest BCUT2D eigenvalue weighted by atomic mass is 9.99. The Labute approximate surface area is 289 Å². The van der Waals surface area contributed by atoms with Crippen LogP contribution in [-0.4, -0.2) is 24.5 Å². The number of hydrogen-bond acceptors (Lipinski definition) is 4. The highest BCUT2D eigenvalue weighted by Gasteiger charge is 2.17. The molecule has 1 atom stereocenters. The highest BCUT2D eigenvalue weighted by atomic mass is 16.5. The van der Waals surface area contributed by atoms with Crippen LogP contribution in [-0.2, 0) is 0 Å². The first-order valence-corrected chi connectivity index (χ1v) is 16.5. The van der Waals surface area contributed by atoms with E-state index in [-0.39, 0.29) is 12.0 Å². The molecular formula is C45H38N2O2. The smallest absolute Gasteiger partial charge is 0.135 e. The van der Waals surface area contributed by atoms with Gasteiger partial charge in [0.05, 0.1) is 22.5 Å². The fraction of sp³-hybridized carbons (Fsp3) is 0.111. The van der Waals surface area contributed by atoms with Crippen molar-refractivity contribution in [3.63, 3.8) is 0 Å². The molecule has 0 spiro atoms. The van der Waals surface area contributed by atoms with E-state index in [1.165, 1.54) is 0 Å². The Morgan fingerprint density at radius 2 is 0.837 bits per heavy atom. The van der Waals surface area contributed by atoms with Crippen LogP contribution in [0.5, 0.6) is 11.5 Å². The number of hydrogen-bond donors (Lipinski definition) is 0. The van der Waals surface area contributed by atoms with Crippen molar-refractivity contribution in [1.82, 2.24) is 0 Å². The van der Waals surface area contributed by atoms with E-state index in [9.17, 15) is 0 Å². The Hall–Kier alpha value is -6.18. The van der Waals surface area contributed by atoms with Crippen molar-refractivity contribution in [2.75, 3.05) is 6.61 Å². The van der Waals surface area contributed by atoms with Gasteiger partial charge in [0.1, 0.15) is 24.2 Å². The SMILES string of the molecule is CC(C)C(COc1ccc(C(=C=Nc2ccccc2)c2ccccc2)cc1)Oc1ccc(C(=C=Nc2ccccc2)c2ccccc2)cc1. The van der Waals surface area contributed by atoms with Crippen molar-refractivity contribution >= 4 is 34.3 Å². The molecule has 6 aromatic carbocycles. The number of benzene rings is 6. The predicted molar refractivity (Wildman–Crippen MR) is 203 cm³/mol. The largest absolute Gasteiger partial charge is 0.490 e. The minimum absolute atomic E-state index is 0.146. The molecule has 0 amide bonds. The average Bonchev–Trinajstić information content (AvgIpc) is 3.16. The number of aliphatic imine (C=N–C) groups is 2. The summed E-state index contributed by atoms with van der Waals surface area (Å²) in [6, 6.07) is 56.3. The Bertz CT molecular complexity index is 2040. The molecule has 0 aliphatic rings. The molecule has 6 aromatic rings. The molecular weight excluding hydrogens is 601 g/mol. The van der Waals surface area contributed by atoms with Crippen LogP contribution in [0.2, 0.25) is 0 Å². The number of para-hydroxylation sites is 2. The zero-order valence-electron chi connectivity index (χ0n) is 27.7. The van der Waals surface area contributed by atoms with Crippen LogP contribution in [0.1, 0.15) is 36.1 Å². The zero-order chi connectivity index (χ0) is 33.7. The normalized spacial score (nSPS) is 11.1. The van der Waals surface area contributed by atoms with Gasteiger partial charge in [-0.1, -0.05) is 111 Å². The lowest BCUT2D eigenvalue weighted by molar-refractivity contribution is 0.0912. The number of rotatable bonds is 12. The summed E-state index contributed by atoms with van der Waals surface area (Å²) in [6.45, 7) is 4.70. The van der Waals surface area contributed by atoms with E-state index >= 15 is 0 Å². The molecule has 0 aliphatic carbocycles. The first kappa shape index (κ1) is 32.7. The summed E-state index contributed by atoms with van der Waals surface area (Å²) in [5, 5.41) is 0. The first-order valence-electron chi connectivity index (χ1n) is 16.5. The summed E-state index contributed by atoms with van der Waals surface area (Å²) in [4.78, 5) is 9.22. The molecule has 0 radical (unpaired) electrons. The van der Waals surface area contributed by atoms with Crippen LogP contribution in [0.15, 0.2) is 180 Å². The van der Waals surface area contributed by atoms with Crippen molar-refractivity contribution in [2.45, 2.75) is 20.0 Å². The van der Waals surface area contributed by atoms with E-state index in [1.54, 1.807) is 0 Å². The molecule has 1 unspecified atom stereocenters. The molecule has 0 aliphatic heterocycles. The van der Waals surface area contributed by atoms with E-state index < -0.39 is 0 Å². The van der Waals surface area contributed by atoms with Crippen LogP contribution in [0.4, 0.5) is 11.4 Å². The minimum Gasteiger partial charge on any atom is -0.490 e.